The number of halogens is 1. The lowest BCUT2D eigenvalue weighted by Gasteiger charge is -2.14. The molecule has 0 aliphatic carbocycles. The van der Waals surface area contributed by atoms with Gasteiger partial charge in [-0.2, -0.15) is 0 Å². The van der Waals surface area contributed by atoms with Crippen molar-refractivity contribution >= 4 is 21.9 Å². The van der Waals surface area contributed by atoms with Gasteiger partial charge in [0, 0.05) is 23.3 Å². The number of carboxylic acids is 1. The van der Waals surface area contributed by atoms with Gasteiger partial charge in [0.1, 0.15) is 0 Å². The molecule has 0 saturated carbocycles. The summed E-state index contributed by atoms with van der Waals surface area (Å²) in [5.41, 5.74) is 2.21. The minimum absolute atomic E-state index is 0.198. The highest BCUT2D eigenvalue weighted by atomic mass is 79.9. The van der Waals surface area contributed by atoms with Crippen LogP contribution in [0.1, 0.15) is 34.6 Å². The summed E-state index contributed by atoms with van der Waals surface area (Å²) in [4.78, 5) is 14.9. The molecule has 0 saturated heterocycles. The van der Waals surface area contributed by atoms with E-state index in [9.17, 15) is 4.79 Å². The molecule has 0 bridgehead atoms. The lowest BCUT2D eigenvalue weighted by atomic mass is 10.1. The van der Waals surface area contributed by atoms with E-state index in [2.05, 4.69) is 45.3 Å². The van der Waals surface area contributed by atoms with Gasteiger partial charge >= 0.3 is 5.97 Å². The summed E-state index contributed by atoms with van der Waals surface area (Å²) >= 11 is 3.41. The van der Waals surface area contributed by atoms with Gasteiger partial charge < -0.3 is 10.4 Å². The Bertz CT molecular complexity index is 582. The highest BCUT2D eigenvalue weighted by Crippen LogP contribution is 2.16. The number of nitrogens with zero attached hydrogens (tertiary/aromatic N) is 1. The smallest absolute Gasteiger partial charge is 0.337 e. The molecule has 0 unspecified atom stereocenters. The number of benzene rings is 1. The standard InChI is InChI=1S/C15H15BrN2O2/c1-10(11-2-5-13(16)6-3-11)17-9-14-7-4-12(8-18-14)15(19)20/h2-8,10,17H,9H2,1H3,(H,19,20)/t10-/m0/s1. The van der Waals surface area contributed by atoms with E-state index < -0.39 is 5.97 Å². The van der Waals surface area contributed by atoms with Crippen LogP contribution in [0, 0.1) is 0 Å². The molecule has 2 rings (SSSR count). The number of aromatic nitrogens is 1. The van der Waals surface area contributed by atoms with Crippen molar-refractivity contribution in [1.82, 2.24) is 10.3 Å². The number of nitrogens with one attached hydrogen (secondary N) is 1. The van der Waals surface area contributed by atoms with Gasteiger partial charge in [-0.3, -0.25) is 4.98 Å². The van der Waals surface area contributed by atoms with Gasteiger partial charge in [0.25, 0.3) is 0 Å². The number of carboxylic acid groups (broad SMARTS) is 1. The van der Waals surface area contributed by atoms with Gasteiger partial charge in [0.05, 0.1) is 11.3 Å². The first kappa shape index (κ1) is 14.7. The molecular weight excluding hydrogens is 320 g/mol. The van der Waals surface area contributed by atoms with Crippen molar-refractivity contribution in [3.8, 4) is 0 Å². The van der Waals surface area contributed by atoms with Crippen LogP contribution in [-0.4, -0.2) is 16.1 Å². The van der Waals surface area contributed by atoms with E-state index >= 15 is 0 Å². The lowest BCUT2D eigenvalue weighted by molar-refractivity contribution is 0.0696. The Morgan fingerprint density at radius 2 is 2.00 bits per heavy atom. The first-order valence-corrected chi connectivity index (χ1v) is 7.02. The maximum absolute atomic E-state index is 10.7. The molecule has 4 nitrogen and oxygen atoms in total. The maximum Gasteiger partial charge on any atom is 0.337 e. The van der Waals surface area contributed by atoms with Crippen LogP contribution in [0.2, 0.25) is 0 Å². The van der Waals surface area contributed by atoms with Gasteiger partial charge in [0.2, 0.25) is 0 Å². The predicted octanol–water partition coefficient (Wildman–Crippen LogP) is 3.39. The van der Waals surface area contributed by atoms with Crippen molar-refractivity contribution < 1.29 is 9.90 Å². The fourth-order valence-corrected chi connectivity index (χ4v) is 2.05. The fraction of sp³-hybridized carbons (Fsp3) is 0.200. The summed E-state index contributed by atoms with van der Waals surface area (Å²) in [7, 11) is 0. The second kappa shape index (κ2) is 6.63. The Morgan fingerprint density at radius 1 is 1.30 bits per heavy atom. The fourth-order valence-electron chi connectivity index (χ4n) is 1.78. The molecular formula is C15H15BrN2O2. The van der Waals surface area contributed by atoms with Crippen LogP contribution in [0.5, 0.6) is 0 Å². The molecule has 104 valence electrons. The molecule has 0 aliphatic rings. The number of carbonyl (C=O) groups is 1. The minimum Gasteiger partial charge on any atom is -0.478 e. The van der Waals surface area contributed by atoms with Crippen molar-refractivity contribution in [2.45, 2.75) is 19.5 Å². The Kier molecular flexibility index (Phi) is 4.87. The molecule has 2 N–H and O–H groups in total. The van der Waals surface area contributed by atoms with E-state index in [1.54, 1.807) is 12.1 Å². The molecule has 0 spiro atoms. The van der Waals surface area contributed by atoms with Crippen LogP contribution in [0.15, 0.2) is 47.1 Å². The molecule has 20 heavy (non-hydrogen) atoms. The number of rotatable bonds is 5. The average Bonchev–Trinajstić information content (AvgIpc) is 2.46. The van der Waals surface area contributed by atoms with Crippen LogP contribution >= 0.6 is 15.9 Å². The molecule has 1 aromatic heterocycles. The number of pyridine rings is 1. The number of aromatic carboxylic acids is 1. The van der Waals surface area contributed by atoms with E-state index in [-0.39, 0.29) is 11.6 Å². The molecule has 1 heterocycles. The van der Waals surface area contributed by atoms with Crippen LogP contribution in [-0.2, 0) is 6.54 Å². The molecule has 1 atom stereocenters. The highest BCUT2D eigenvalue weighted by molar-refractivity contribution is 9.10. The molecule has 2 aromatic rings. The quantitative estimate of drug-likeness (QED) is 0.879. The van der Waals surface area contributed by atoms with E-state index in [0.29, 0.717) is 6.54 Å². The normalized spacial score (nSPS) is 12.1. The van der Waals surface area contributed by atoms with Gasteiger partial charge in [-0.05, 0) is 36.8 Å². The molecule has 0 aliphatic heterocycles. The molecule has 5 heteroatoms. The Hall–Kier alpha value is -1.72. The summed E-state index contributed by atoms with van der Waals surface area (Å²) < 4.78 is 1.05. The molecule has 0 radical (unpaired) electrons. The summed E-state index contributed by atoms with van der Waals surface area (Å²) in [6.45, 7) is 2.67. The van der Waals surface area contributed by atoms with Gasteiger partial charge in [-0.15, -0.1) is 0 Å². The molecule has 0 amide bonds. The van der Waals surface area contributed by atoms with Crippen LogP contribution in [0.25, 0.3) is 0 Å². The first-order valence-electron chi connectivity index (χ1n) is 6.23. The number of hydrogen-bond donors (Lipinski definition) is 2. The van der Waals surface area contributed by atoms with Crippen molar-refractivity contribution in [3.63, 3.8) is 0 Å². The minimum atomic E-state index is -0.958. The SMILES string of the molecule is C[C@H](NCc1ccc(C(=O)O)cn1)c1ccc(Br)cc1. The average molecular weight is 335 g/mol. The monoisotopic (exact) mass is 334 g/mol. The third-order valence-corrected chi connectivity index (χ3v) is 3.56. The predicted molar refractivity (Wildman–Crippen MR) is 80.6 cm³/mol. The van der Waals surface area contributed by atoms with Crippen molar-refractivity contribution in [2.24, 2.45) is 0 Å². The second-order valence-corrected chi connectivity index (χ2v) is 5.41. The van der Waals surface area contributed by atoms with Crippen molar-refractivity contribution in [1.29, 1.82) is 0 Å². The van der Waals surface area contributed by atoms with E-state index in [1.807, 2.05) is 12.1 Å². The third kappa shape index (κ3) is 3.88. The number of hydrogen-bond acceptors (Lipinski definition) is 3. The van der Waals surface area contributed by atoms with E-state index in [1.165, 1.54) is 11.8 Å². The van der Waals surface area contributed by atoms with Crippen molar-refractivity contribution in [2.75, 3.05) is 0 Å². The Balaban J connectivity index is 1.94. The third-order valence-electron chi connectivity index (χ3n) is 3.03. The van der Waals surface area contributed by atoms with Gasteiger partial charge in [0.15, 0.2) is 0 Å². The second-order valence-electron chi connectivity index (χ2n) is 4.50. The van der Waals surface area contributed by atoms with Gasteiger partial charge in [-0.25, -0.2) is 4.79 Å². The van der Waals surface area contributed by atoms with Gasteiger partial charge in [-0.1, -0.05) is 28.1 Å². The summed E-state index contributed by atoms with van der Waals surface area (Å²) in [6.07, 6.45) is 1.38. The zero-order chi connectivity index (χ0) is 14.5. The Morgan fingerprint density at radius 3 is 2.55 bits per heavy atom. The topological polar surface area (TPSA) is 62.2 Å². The molecule has 1 aromatic carbocycles. The zero-order valence-electron chi connectivity index (χ0n) is 11.0. The van der Waals surface area contributed by atoms with Crippen molar-refractivity contribution in [3.05, 3.63) is 63.9 Å². The Labute approximate surface area is 126 Å². The summed E-state index contributed by atoms with van der Waals surface area (Å²) in [5.74, 6) is -0.958. The highest BCUT2D eigenvalue weighted by Gasteiger charge is 2.06. The van der Waals surface area contributed by atoms with Crippen LogP contribution in [0.4, 0.5) is 0 Å². The van der Waals surface area contributed by atoms with Crippen LogP contribution in [0.3, 0.4) is 0 Å². The van der Waals surface area contributed by atoms with E-state index in [4.69, 9.17) is 5.11 Å². The maximum atomic E-state index is 10.7. The zero-order valence-corrected chi connectivity index (χ0v) is 12.6. The van der Waals surface area contributed by atoms with Crippen LogP contribution < -0.4 is 5.32 Å². The van der Waals surface area contributed by atoms with E-state index in [0.717, 1.165) is 10.2 Å². The summed E-state index contributed by atoms with van der Waals surface area (Å²) in [5, 5.41) is 12.2. The molecule has 0 fully saturated rings. The first-order chi connectivity index (χ1) is 9.56. The largest absolute Gasteiger partial charge is 0.478 e. The lowest BCUT2D eigenvalue weighted by Crippen LogP contribution is -2.18. The summed E-state index contributed by atoms with van der Waals surface area (Å²) in [6, 6.07) is 11.6.